The number of fused-ring (bicyclic) bond motifs is 4. The molecule has 3 aliphatic rings. The van der Waals surface area contributed by atoms with Crippen LogP contribution < -0.4 is 10.6 Å². The predicted molar refractivity (Wildman–Crippen MR) is 104 cm³/mol. The van der Waals surface area contributed by atoms with Gasteiger partial charge in [-0.3, -0.25) is 24.6 Å². The Kier molecular flexibility index (Phi) is 4.72. The molecule has 0 saturated carbocycles. The highest BCUT2D eigenvalue weighted by molar-refractivity contribution is 6.31. The van der Waals surface area contributed by atoms with Crippen molar-refractivity contribution in [3.63, 3.8) is 0 Å². The average molecular weight is 406 g/mol. The molecule has 1 aromatic rings. The van der Waals surface area contributed by atoms with Gasteiger partial charge in [0.2, 0.25) is 17.7 Å². The van der Waals surface area contributed by atoms with Crippen molar-refractivity contribution in [1.82, 2.24) is 10.2 Å². The molecule has 0 unspecified atom stereocenters. The molecule has 2 fully saturated rings. The molecule has 8 heteroatoms. The largest absolute Gasteiger partial charge is 0.385 e. The first-order chi connectivity index (χ1) is 13.3. The minimum Gasteiger partial charge on any atom is -0.385 e. The number of nitrogens with one attached hydrogen (secondary N) is 2. The van der Waals surface area contributed by atoms with Gasteiger partial charge in [0.25, 0.3) is 0 Å². The maximum Gasteiger partial charge on any atom is 0.250 e. The van der Waals surface area contributed by atoms with Gasteiger partial charge in [-0.2, -0.15) is 0 Å². The highest BCUT2D eigenvalue weighted by Gasteiger charge is 2.70. The van der Waals surface area contributed by atoms with E-state index >= 15 is 0 Å². The molecule has 0 bridgehead atoms. The molecule has 3 aliphatic heterocycles. The molecule has 2 saturated heterocycles. The van der Waals surface area contributed by atoms with Gasteiger partial charge in [-0.1, -0.05) is 25.4 Å². The van der Waals surface area contributed by atoms with Crippen LogP contribution in [0.4, 0.5) is 5.69 Å². The van der Waals surface area contributed by atoms with Crippen LogP contribution in [0.15, 0.2) is 18.2 Å². The SMILES string of the molecule is COCCCN1C(=O)[C@@H]2[C@H](C(C)C)N[C@]3(C(=O)Nc4ccc(Cl)cc43)[C@H]2C1=O. The second kappa shape index (κ2) is 6.83. The molecule has 1 spiro atoms. The van der Waals surface area contributed by atoms with Crippen molar-refractivity contribution >= 4 is 35.0 Å². The summed E-state index contributed by atoms with van der Waals surface area (Å²) in [6.07, 6.45) is 0.564. The van der Waals surface area contributed by atoms with Crippen LogP contribution in [0.1, 0.15) is 25.8 Å². The number of benzene rings is 1. The average Bonchev–Trinajstić information content (AvgIpc) is 3.23. The van der Waals surface area contributed by atoms with Gasteiger partial charge in [0.05, 0.1) is 11.8 Å². The number of rotatable bonds is 5. The minimum atomic E-state index is -1.28. The number of hydrogen-bond acceptors (Lipinski definition) is 5. The van der Waals surface area contributed by atoms with Gasteiger partial charge in [-0.15, -0.1) is 0 Å². The monoisotopic (exact) mass is 405 g/mol. The Morgan fingerprint density at radius 2 is 2.00 bits per heavy atom. The smallest absolute Gasteiger partial charge is 0.250 e. The van der Waals surface area contributed by atoms with Crippen molar-refractivity contribution in [3.05, 3.63) is 28.8 Å². The number of ether oxygens (including phenoxy) is 1. The number of halogens is 1. The fourth-order valence-corrected chi connectivity index (χ4v) is 5.10. The van der Waals surface area contributed by atoms with Gasteiger partial charge < -0.3 is 10.1 Å². The second-order valence-electron chi connectivity index (χ2n) is 8.04. The maximum atomic E-state index is 13.4. The molecule has 4 atom stereocenters. The first kappa shape index (κ1) is 19.4. The van der Waals surface area contributed by atoms with E-state index in [0.717, 1.165) is 0 Å². The van der Waals surface area contributed by atoms with E-state index in [2.05, 4.69) is 10.6 Å². The zero-order valence-electron chi connectivity index (χ0n) is 16.1. The van der Waals surface area contributed by atoms with Crippen molar-refractivity contribution in [3.8, 4) is 0 Å². The summed E-state index contributed by atoms with van der Waals surface area (Å²) in [5.74, 6) is -2.11. The standard InChI is InChI=1S/C20H24ClN3O4/c1-10(2)16-14-15(18(26)24(17(14)25)7-4-8-28-3)20(23-16)12-9-11(21)5-6-13(12)22-19(20)27/h5-6,9-10,14-16,23H,4,7-8H2,1-3H3,(H,22,27)/t14-,15+,16-,20-/m0/s1. The zero-order chi connectivity index (χ0) is 20.2. The van der Waals surface area contributed by atoms with Crippen LogP contribution in [-0.4, -0.2) is 48.9 Å². The lowest BCUT2D eigenvalue weighted by Gasteiger charge is -2.30. The van der Waals surface area contributed by atoms with Gasteiger partial charge in [-0.05, 0) is 30.5 Å². The van der Waals surface area contributed by atoms with Crippen LogP contribution in [0.5, 0.6) is 0 Å². The van der Waals surface area contributed by atoms with Gasteiger partial charge in [-0.25, -0.2) is 0 Å². The maximum absolute atomic E-state index is 13.4. The molecule has 28 heavy (non-hydrogen) atoms. The Morgan fingerprint density at radius 3 is 2.68 bits per heavy atom. The normalized spacial score (nSPS) is 31.1. The van der Waals surface area contributed by atoms with Gasteiger partial charge in [0.1, 0.15) is 5.54 Å². The molecule has 2 N–H and O–H groups in total. The predicted octanol–water partition coefficient (Wildman–Crippen LogP) is 1.75. The van der Waals surface area contributed by atoms with Gasteiger partial charge in [0, 0.05) is 42.6 Å². The lowest BCUT2D eigenvalue weighted by atomic mass is 9.76. The van der Waals surface area contributed by atoms with E-state index in [-0.39, 0.29) is 29.7 Å². The Hall–Kier alpha value is -1.96. The summed E-state index contributed by atoms with van der Waals surface area (Å²) < 4.78 is 5.06. The van der Waals surface area contributed by atoms with Gasteiger partial charge >= 0.3 is 0 Å². The van der Waals surface area contributed by atoms with E-state index in [4.69, 9.17) is 16.3 Å². The first-order valence-electron chi connectivity index (χ1n) is 9.56. The summed E-state index contributed by atoms with van der Waals surface area (Å²) in [4.78, 5) is 41.1. The van der Waals surface area contributed by atoms with Crippen LogP contribution in [0.25, 0.3) is 0 Å². The second-order valence-corrected chi connectivity index (χ2v) is 8.48. The molecular weight excluding hydrogens is 382 g/mol. The van der Waals surface area contributed by atoms with Crippen molar-refractivity contribution in [2.24, 2.45) is 17.8 Å². The first-order valence-corrected chi connectivity index (χ1v) is 9.94. The number of anilines is 1. The van der Waals surface area contributed by atoms with Crippen LogP contribution in [0.3, 0.4) is 0 Å². The molecule has 3 heterocycles. The van der Waals surface area contributed by atoms with Crippen LogP contribution in [-0.2, 0) is 24.7 Å². The molecule has 1 aromatic carbocycles. The molecule has 4 rings (SSSR count). The quantitative estimate of drug-likeness (QED) is 0.575. The number of amides is 3. The number of hydrogen-bond donors (Lipinski definition) is 2. The van der Waals surface area contributed by atoms with Crippen molar-refractivity contribution in [2.45, 2.75) is 31.8 Å². The highest BCUT2D eigenvalue weighted by atomic mass is 35.5. The lowest BCUT2D eigenvalue weighted by molar-refractivity contribution is -0.143. The number of likely N-dealkylation sites (tertiary alicyclic amines) is 1. The summed E-state index contributed by atoms with van der Waals surface area (Å²) in [6, 6.07) is 4.86. The van der Waals surface area contributed by atoms with Crippen LogP contribution >= 0.6 is 11.6 Å². The Balaban J connectivity index is 1.81. The number of carbonyl (C=O) groups is 3. The molecule has 0 aromatic heterocycles. The minimum absolute atomic E-state index is 0.0681. The molecule has 3 amide bonds. The van der Waals surface area contributed by atoms with Crippen molar-refractivity contribution in [1.29, 1.82) is 0 Å². The van der Waals surface area contributed by atoms with Crippen molar-refractivity contribution < 1.29 is 19.1 Å². The highest BCUT2D eigenvalue weighted by Crippen LogP contribution is 2.54. The van der Waals surface area contributed by atoms with Crippen LogP contribution in [0.2, 0.25) is 5.02 Å². The summed E-state index contributed by atoms with van der Waals surface area (Å²) >= 11 is 6.21. The summed E-state index contributed by atoms with van der Waals surface area (Å²) in [7, 11) is 1.58. The summed E-state index contributed by atoms with van der Waals surface area (Å²) in [6.45, 7) is 4.74. The topological polar surface area (TPSA) is 87.7 Å². The molecule has 0 aliphatic carbocycles. The van der Waals surface area contributed by atoms with E-state index in [0.29, 0.717) is 35.8 Å². The van der Waals surface area contributed by atoms with Gasteiger partial charge in [0.15, 0.2) is 0 Å². The number of imide groups is 1. The zero-order valence-corrected chi connectivity index (χ0v) is 16.9. The third-order valence-corrected chi connectivity index (χ3v) is 6.39. The number of nitrogens with zero attached hydrogens (tertiary/aromatic N) is 1. The Bertz CT molecular complexity index is 858. The fraction of sp³-hybridized carbons (Fsp3) is 0.550. The molecule has 0 radical (unpaired) electrons. The van der Waals surface area contributed by atoms with E-state index < -0.39 is 17.4 Å². The molecular formula is C20H24ClN3O4. The lowest BCUT2D eigenvalue weighted by Crippen LogP contribution is -2.54. The molecule has 150 valence electrons. The number of carbonyl (C=O) groups excluding carboxylic acids is 3. The van der Waals surface area contributed by atoms with E-state index in [1.54, 1.807) is 25.3 Å². The Labute approximate surface area is 168 Å². The van der Waals surface area contributed by atoms with Crippen molar-refractivity contribution in [2.75, 3.05) is 25.6 Å². The third-order valence-electron chi connectivity index (χ3n) is 6.15. The summed E-state index contributed by atoms with van der Waals surface area (Å²) in [5, 5.41) is 6.74. The summed E-state index contributed by atoms with van der Waals surface area (Å²) in [5.41, 5.74) is -0.00560. The van der Waals surface area contributed by atoms with E-state index in [9.17, 15) is 14.4 Å². The molecule has 7 nitrogen and oxygen atoms in total. The fourth-order valence-electron chi connectivity index (χ4n) is 4.93. The number of methoxy groups -OCH3 is 1. The van der Waals surface area contributed by atoms with E-state index in [1.165, 1.54) is 4.90 Å². The van der Waals surface area contributed by atoms with E-state index in [1.807, 2.05) is 13.8 Å². The third kappa shape index (κ3) is 2.53. The Morgan fingerprint density at radius 1 is 1.25 bits per heavy atom. The van der Waals surface area contributed by atoms with Crippen LogP contribution in [0, 0.1) is 17.8 Å².